The SMILES string of the molecule is CCC(O)CC1CC(NC)CN(C2CC2)C1. The van der Waals surface area contributed by atoms with Crippen molar-refractivity contribution in [3.8, 4) is 0 Å². The standard InChI is InChI=1S/C13H26N2O/c1-3-13(16)7-10-6-11(14-2)9-15(8-10)12-4-5-12/h10-14,16H,3-9H2,1-2H3. The van der Waals surface area contributed by atoms with Crippen LogP contribution in [0.3, 0.4) is 0 Å². The fourth-order valence-corrected chi connectivity index (χ4v) is 2.91. The van der Waals surface area contributed by atoms with Gasteiger partial charge in [-0.15, -0.1) is 0 Å². The number of nitrogens with zero attached hydrogens (tertiary/aromatic N) is 1. The number of aliphatic hydroxyl groups is 1. The van der Waals surface area contributed by atoms with Crippen molar-refractivity contribution in [3.63, 3.8) is 0 Å². The van der Waals surface area contributed by atoms with Gasteiger partial charge in [0, 0.05) is 25.2 Å². The van der Waals surface area contributed by atoms with Crippen molar-refractivity contribution in [3.05, 3.63) is 0 Å². The summed E-state index contributed by atoms with van der Waals surface area (Å²) in [6, 6.07) is 1.49. The molecule has 0 amide bonds. The molecule has 2 rings (SSSR count). The molecule has 1 saturated carbocycles. The van der Waals surface area contributed by atoms with E-state index in [0.717, 1.165) is 18.9 Å². The van der Waals surface area contributed by atoms with Gasteiger partial charge in [-0.25, -0.2) is 0 Å². The number of aliphatic hydroxyl groups excluding tert-OH is 1. The molecule has 2 aliphatic rings. The van der Waals surface area contributed by atoms with Crippen LogP contribution in [0, 0.1) is 5.92 Å². The summed E-state index contributed by atoms with van der Waals surface area (Å²) in [7, 11) is 2.06. The summed E-state index contributed by atoms with van der Waals surface area (Å²) in [5, 5.41) is 13.2. The van der Waals surface area contributed by atoms with Crippen molar-refractivity contribution in [2.45, 2.75) is 57.2 Å². The van der Waals surface area contributed by atoms with E-state index in [4.69, 9.17) is 0 Å². The van der Waals surface area contributed by atoms with Crippen LogP contribution in [0.4, 0.5) is 0 Å². The van der Waals surface area contributed by atoms with Gasteiger partial charge < -0.3 is 10.4 Å². The largest absolute Gasteiger partial charge is 0.393 e. The molecule has 3 unspecified atom stereocenters. The highest BCUT2D eigenvalue weighted by Gasteiger charge is 2.35. The number of hydrogen-bond acceptors (Lipinski definition) is 3. The number of piperidine rings is 1. The Kier molecular flexibility index (Phi) is 4.22. The van der Waals surface area contributed by atoms with E-state index >= 15 is 0 Å². The van der Waals surface area contributed by atoms with Crippen LogP contribution in [-0.2, 0) is 0 Å². The molecule has 1 heterocycles. The third-order valence-electron chi connectivity index (χ3n) is 4.11. The molecule has 3 atom stereocenters. The van der Waals surface area contributed by atoms with Gasteiger partial charge in [-0.05, 0) is 45.1 Å². The zero-order valence-corrected chi connectivity index (χ0v) is 10.7. The molecule has 0 aromatic heterocycles. The molecule has 0 bridgehead atoms. The van der Waals surface area contributed by atoms with Crippen molar-refractivity contribution in [2.75, 3.05) is 20.1 Å². The second kappa shape index (κ2) is 5.48. The Bertz CT molecular complexity index is 216. The van der Waals surface area contributed by atoms with Crippen molar-refractivity contribution < 1.29 is 5.11 Å². The second-order valence-corrected chi connectivity index (χ2v) is 5.57. The predicted molar refractivity (Wildman–Crippen MR) is 66.5 cm³/mol. The molecule has 1 aliphatic heterocycles. The summed E-state index contributed by atoms with van der Waals surface area (Å²) in [4.78, 5) is 2.64. The minimum atomic E-state index is -0.0957. The summed E-state index contributed by atoms with van der Waals surface area (Å²) in [6.07, 6.45) is 5.79. The minimum Gasteiger partial charge on any atom is -0.393 e. The van der Waals surface area contributed by atoms with E-state index in [2.05, 4.69) is 24.2 Å². The maximum Gasteiger partial charge on any atom is 0.0540 e. The first-order valence-electron chi connectivity index (χ1n) is 6.82. The topological polar surface area (TPSA) is 35.5 Å². The molecule has 94 valence electrons. The van der Waals surface area contributed by atoms with Crippen molar-refractivity contribution in [2.24, 2.45) is 5.92 Å². The molecule has 0 radical (unpaired) electrons. The zero-order valence-electron chi connectivity index (χ0n) is 10.7. The smallest absolute Gasteiger partial charge is 0.0540 e. The Hall–Kier alpha value is -0.120. The van der Waals surface area contributed by atoms with E-state index in [1.807, 2.05) is 0 Å². The maximum absolute atomic E-state index is 9.77. The van der Waals surface area contributed by atoms with Crippen LogP contribution >= 0.6 is 0 Å². The molecule has 3 heteroatoms. The molecule has 1 aliphatic carbocycles. The van der Waals surface area contributed by atoms with E-state index in [-0.39, 0.29) is 6.10 Å². The Balaban J connectivity index is 1.86. The summed E-state index contributed by atoms with van der Waals surface area (Å²) < 4.78 is 0. The molecule has 2 fully saturated rings. The highest BCUT2D eigenvalue weighted by Crippen LogP contribution is 2.32. The van der Waals surface area contributed by atoms with Crippen LogP contribution in [0.5, 0.6) is 0 Å². The molecule has 0 aromatic rings. The average Bonchev–Trinajstić information content (AvgIpc) is 3.12. The zero-order chi connectivity index (χ0) is 11.5. The third kappa shape index (κ3) is 3.19. The highest BCUT2D eigenvalue weighted by atomic mass is 16.3. The Labute approximate surface area is 99.2 Å². The lowest BCUT2D eigenvalue weighted by Gasteiger charge is -2.38. The van der Waals surface area contributed by atoms with Gasteiger partial charge in [-0.3, -0.25) is 4.90 Å². The first-order chi connectivity index (χ1) is 7.72. The van der Waals surface area contributed by atoms with Gasteiger partial charge in [0.15, 0.2) is 0 Å². The quantitative estimate of drug-likeness (QED) is 0.740. The van der Waals surface area contributed by atoms with Gasteiger partial charge in [0.05, 0.1) is 6.10 Å². The normalized spacial score (nSPS) is 33.9. The molecule has 3 nitrogen and oxygen atoms in total. The van der Waals surface area contributed by atoms with E-state index in [1.54, 1.807) is 0 Å². The van der Waals surface area contributed by atoms with E-state index in [0.29, 0.717) is 12.0 Å². The molecule has 16 heavy (non-hydrogen) atoms. The van der Waals surface area contributed by atoms with Gasteiger partial charge in [0.25, 0.3) is 0 Å². The fraction of sp³-hybridized carbons (Fsp3) is 1.00. The van der Waals surface area contributed by atoms with Crippen LogP contribution in [0.2, 0.25) is 0 Å². The summed E-state index contributed by atoms with van der Waals surface area (Å²) in [5.74, 6) is 0.682. The second-order valence-electron chi connectivity index (χ2n) is 5.57. The maximum atomic E-state index is 9.77. The minimum absolute atomic E-state index is 0.0957. The number of hydrogen-bond donors (Lipinski definition) is 2. The van der Waals surface area contributed by atoms with E-state index in [1.165, 1.54) is 32.4 Å². The van der Waals surface area contributed by atoms with Gasteiger partial charge in [-0.1, -0.05) is 6.92 Å². The monoisotopic (exact) mass is 226 g/mol. The lowest BCUT2D eigenvalue weighted by Crippen LogP contribution is -2.49. The molecule has 1 saturated heterocycles. The summed E-state index contributed by atoms with van der Waals surface area (Å²) in [5.41, 5.74) is 0. The van der Waals surface area contributed by atoms with Crippen LogP contribution in [0.25, 0.3) is 0 Å². The third-order valence-corrected chi connectivity index (χ3v) is 4.11. The predicted octanol–water partition coefficient (Wildman–Crippen LogP) is 1.22. The van der Waals surface area contributed by atoms with Crippen LogP contribution in [0.15, 0.2) is 0 Å². The van der Waals surface area contributed by atoms with Gasteiger partial charge in [0.2, 0.25) is 0 Å². The van der Waals surface area contributed by atoms with E-state index in [9.17, 15) is 5.11 Å². The molecule has 0 aromatic carbocycles. The first kappa shape index (κ1) is 12.3. The Morgan fingerprint density at radius 2 is 2.12 bits per heavy atom. The Morgan fingerprint density at radius 3 is 2.69 bits per heavy atom. The number of likely N-dealkylation sites (N-methyl/N-ethyl adjacent to an activating group) is 1. The first-order valence-corrected chi connectivity index (χ1v) is 6.82. The lowest BCUT2D eigenvalue weighted by molar-refractivity contribution is 0.0818. The highest BCUT2D eigenvalue weighted by molar-refractivity contribution is 4.92. The summed E-state index contributed by atoms with van der Waals surface area (Å²) >= 11 is 0. The fourth-order valence-electron chi connectivity index (χ4n) is 2.91. The molecule has 0 spiro atoms. The van der Waals surface area contributed by atoms with Crippen molar-refractivity contribution >= 4 is 0 Å². The van der Waals surface area contributed by atoms with Gasteiger partial charge >= 0.3 is 0 Å². The molecular formula is C13H26N2O. The van der Waals surface area contributed by atoms with Crippen LogP contribution in [0.1, 0.15) is 39.0 Å². The number of rotatable bonds is 5. The van der Waals surface area contributed by atoms with E-state index < -0.39 is 0 Å². The summed E-state index contributed by atoms with van der Waals surface area (Å²) in [6.45, 7) is 4.49. The number of likely N-dealkylation sites (tertiary alicyclic amines) is 1. The molecule has 2 N–H and O–H groups in total. The average molecular weight is 226 g/mol. The Morgan fingerprint density at radius 1 is 1.38 bits per heavy atom. The van der Waals surface area contributed by atoms with Crippen LogP contribution in [-0.4, -0.2) is 48.3 Å². The van der Waals surface area contributed by atoms with Crippen LogP contribution < -0.4 is 5.32 Å². The van der Waals surface area contributed by atoms with Gasteiger partial charge in [-0.2, -0.15) is 0 Å². The number of nitrogens with one attached hydrogen (secondary N) is 1. The van der Waals surface area contributed by atoms with Crippen molar-refractivity contribution in [1.29, 1.82) is 0 Å². The lowest BCUT2D eigenvalue weighted by atomic mass is 9.89. The molecular weight excluding hydrogens is 200 g/mol. The van der Waals surface area contributed by atoms with Gasteiger partial charge in [0.1, 0.15) is 0 Å². The van der Waals surface area contributed by atoms with Crippen molar-refractivity contribution in [1.82, 2.24) is 10.2 Å².